The van der Waals surface area contributed by atoms with Crippen molar-refractivity contribution < 1.29 is 5.11 Å². The normalized spacial score (nSPS) is 22.9. The second kappa shape index (κ2) is 2.84. The lowest BCUT2D eigenvalue weighted by molar-refractivity contribution is 0.0558. The quantitative estimate of drug-likeness (QED) is 0.590. The van der Waals surface area contributed by atoms with Crippen molar-refractivity contribution >= 4 is 17.2 Å². The first-order valence-electron chi connectivity index (χ1n) is 3.63. The van der Waals surface area contributed by atoms with Crippen molar-refractivity contribution in [3.8, 4) is 0 Å². The first-order chi connectivity index (χ1) is 4.62. The number of rotatable bonds is 2. The molecule has 0 saturated heterocycles. The molecule has 3 heteroatoms. The third-order valence-electron chi connectivity index (χ3n) is 2.04. The van der Waals surface area contributed by atoms with Crippen molar-refractivity contribution in [1.82, 2.24) is 0 Å². The van der Waals surface area contributed by atoms with Crippen LogP contribution in [-0.2, 0) is 0 Å². The third-order valence-corrected chi connectivity index (χ3v) is 2.18. The standard InChI is InChI=1S/C7H13NOS/c8-6(10)5-7(9)3-1-2-4-7/h9H,1-5H2,(H2,8,10). The van der Waals surface area contributed by atoms with Gasteiger partial charge in [-0.3, -0.25) is 0 Å². The van der Waals surface area contributed by atoms with Gasteiger partial charge < -0.3 is 10.8 Å². The summed E-state index contributed by atoms with van der Waals surface area (Å²) in [7, 11) is 0. The fourth-order valence-corrected chi connectivity index (χ4v) is 1.80. The molecule has 10 heavy (non-hydrogen) atoms. The van der Waals surface area contributed by atoms with Crippen molar-refractivity contribution in [2.24, 2.45) is 5.73 Å². The molecule has 0 amide bonds. The van der Waals surface area contributed by atoms with Crippen molar-refractivity contribution in [3.05, 3.63) is 0 Å². The lowest BCUT2D eigenvalue weighted by atomic mass is 9.98. The topological polar surface area (TPSA) is 46.2 Å². The van der Waals surface area contributed by atoms with Gasteiger partial charge in [-0.25, -0.2) is 0 Å². The molecule has 0 aromatic rings. The highest BCUT2D eigenvalue weighted by atomic mass is 32.1. The van der Waals surface area contributed by atoms with Crippen LogP contribution in [-0.4, -0.2) is 15.7 Å². The highest BCUT2D eigenvalue weighted by Gasteiger charge is 2.31. The van der Waals surface area contributed by atoms with E-state index in [1.165, 1.54) is 0 Å². The largest absolute Gasteiger partial charge is 0.393 e. The van der Waals surface area contributed by atoms with Crippen LogP contribution in [0, 0.1) is 0 Å². The molecular weight excluding hydrogens is 146 g/mol. The summed E-state index contributed by atoms with van der Waals surface area (Å²) in [6.45, 7) is 0. The summed E-state index contributed by atoms with van der Waals surface area (Å²) in [5, 5.41) is 9.69. The molecule has 1 saturated carbocycles. The lowest BCUT2D eigenvalue weighted by Crippen LogP contribution is -2.30. The first kappa shape index (κ1) is 7.95. The summed E-state index contributed by atoms with van der Waals surface area (Å²) in [5.41, 5.74) is 4.78. The van der Waals surface area contributed by atoms with Crippen molar-refractivity contribution in [2.75, 3.05) is 0 Å². The van der Waals surface area contributed by atoms with E-state index in [4.69, 9.17) is 18.0 Å². The van der Waals surface area contributed by atoms with E-state index in [-0.39, 0.29) is 0 Å². The van der Waals surface area contributed by atoms with Crippen LogP contribution in [0.5, 0.6) is 0 Å². The maximum Gasteiger partial charge on any atom is 0.0756 e. The molecule has 3 N–H and O–H groups in total. The Kier molecular flexibility index (Phi) is 2.26. The van der Waals surface area contributed by atoms with Gasteiger partial charge in [0.2, 0.25) is 0 Å². The fourth-order valence-electron chi connectivity index (χ4n) is 1.53. The minimum Gasteiger partial charge on any atom is -0.393 e. The van der Waals surface area contributed by atoms with Crippen molar-refractivity contribution in [3.63, 3.8) is 0 Å². The smallest absolute Gasteiger partial charge is 0.0756 e. The highest BCUT2D eigenvalue weighted by molar-refractivity contribution is 7.80. The molecule has 0 radical (unpaired) electrons. The zero-order valence-corrected chi connectivity index (χ0v) is 6.78. The number of hydrogen-bond acceptors (Lipinski definition) is 2. The van der Waals surface area contributed by atoms with E-state index in [0.717, 1.165) is 25.7 Å². The number of aliphatic hydroxyl groups is 1. The van der Waals surface area contributed by atoms with Crippen LogP contribution in [0.3, 0.4) is 0 Å². The first-order valence-corrected chi connectivity index (χ1v) is 4.04. The molecule has 0 bridgehead atoms. The Morgan fingerprint density at radius 2 is 2.00 bits per heavy atom. The zero-order valence-electron chi connectivity index (χ0n) is 5.97. The van der Waals surface area contributed by atoms with Crippen LogP contribution >= 0.6 is 12.2 Å². The summed E-state index contributed by atoms with van der Waals surface area (Å²) >= 11 is 4.72. The molecule has 1 aliphatic carbocycles. The van der Waals surface area contributed by atoms with Crippen LogP contribution in [0.4, 0.5) is 0 Å². The lowest BCUT2D eigenvalue weighted by Gasteiger charge is -2.20. The summed E-state index contributed by atoms with van der Waals surface area (Å²) in [5.74, 6) is 0. The summed E-state index contributed by atoms with van der Waals surface area (Å²) in [6, 6.07) is 0. The molecule has 0 heterocycles. The molecule has 58 valence electrons. The molecule has 1 aliphatic rings. The van der Waals surface area contributed by atoms with E-state index >= 15 is 0 Å². The number of hydrogen-bond donors (Lipinski definition) is 2. The van der Waals surface area contributed by atoms with Gasteiger partial charge in [-0.1, -0.05) is 25.1 Å². The molecule has 1 fully saturated rings. The van der Waals surface area contributed by atoms with Gasteiger partial charge >= 0.3 is 0 Å². The molecule has 0 spiro atoms. The second-order valence-corrected chi connectivity index (χ2v) is 3.60. The van der Waals surface area contributed by atoms with E-state index < -0.39 is 5.60 Å². The van der Waals surface area contributed by atoms with Gasteiger partial charge in [0.15, 0.2) is 0 Å². The Hall–Kier alpha value is -0.150. The number of thiocarbonyl (C=S) groups is 1. The molecule has 2 nitrogen and oxygen atoms in total. The van der Waals surface area contributed by atoms with Gasteiger partial charge in [-0.05, 0) is 12.8 Å². The van der Waals surface area contributed by atoms with Crippen LogP contribution in [0.1, 0.15) is 32.1 Å². The van der Waals surface area contributed by atoms with Crippen LogP contribution in [0.15, 0.2) is 0 Å². The third kappa shape index (κ3) is 1.92. The summed E-state index contributed by atoms with van der Waals surface area (Å²) < 4.78 is 0. The number of nitrogens with two attached hydrogens (primary N) is 1. The van der Waals surface area contributed by atoms with Gasteiger partial charge in [0.25, 0.3) is 0 Å². The molecule has 0 aromatic heterocycles. The van der Waals surface area contributed by atoms with Gasteiger partial charge in [-0.15, -0.1) is 0 Å². The van der Waals surface area contributed by atoms with E-state index in [1.54, 1.807) is 0 Å². The average molecular weight is 159 g/mol. The monoisotopic (exact) mass is 159 g/mol. The van der Waals surface area contributed by atoms with E-state index in [0.29, 0.717) is 11.4 Å². The van der Waals surface area contributed by atoms with E-state index in [1.807, 2.05) is 0 Å². The van der Waals surface area contributed by atoms with Crippen molar-refractivity contribution in [1.29, 1.82) is 0 Å². The van der Waals surface area contributed by atoms with Crippen LogP contribution < -0.4 is 5.73 Å². The van der Waals surface area contributed by atoms with Gasteiger partial charge in [0, 0.05) is 6.42 Å². The minimum absolute atomic E-state index is 0.435. The molecule has 0 aliphatic heterocycles. The average Bonchev–Trinajstić information content (AvgIpc) is 2.12. The second-order valence-electron chi connectivity index (χ2n) is 3.07. The minimum atomic E-state index is -0.550. The Bertz CT molecular complexity index is 141. The Morgan fingerprint density at radius 3 is 2.40 bits per heavy atom. The summed E-state index contributed by atoms with van der Waals surface area (Å²) in [6.07, 6.45) is 4.45. The fraction of sp³-hybridized carbons (Fsp3) is 0.857. The van der Waals surface area contributed by atoms with E-state index in [2.05, 4.69) is 0 Å². The molecule has 0 unspecified atom stereocenters. The highest BCUT2D eigenvalue weighted by Crippen LogP contribution is 2.31. The van der Waals surface area contributed by atoms with Crippen LogP contribution in [0.25, 0.3) is 0 Å². The maximum absolute atomic E-state index is 9.69. The van der Waals surface area contributed by atoms with Gasteiger partial charge in [0.1, 0.15) is 0 Å². The van der Waals surface area contributed by atoms with Gasteiger partial charge in [0.05, 0.1) is 10.6 Å². The molecule has 0 atom stereocenters. The van der Waals surface area contributed by atoms with E-state index in [9.17, 15) is 5.11 Å². The Morgan fingerprint density at radius 1 is 1.50 bits per heavy atom. The van der Waals surface area contributed by atoms with Crippen LogP contribution in [0.2, 0.25) is 0 Å². The molecule has 0 aromatic carbocycles. The predicted molar refractivity (Wildman–Crippen MR) is 44.8 cm³/mol. The molecule has 1 rings (SSSR count). The zero-order chi connectivity index (χ0) is 7.61. The molecular formula is C7H13NOS. The van der Waals surface area contributed by atoms with Gasteiger partial charge in [-0.2, -0.15) is 0 Å². The maximum atomic E-state index is 9.69. The summed E-state index contributed by atoms with van der Waals surface area (Å²) in [4.78, 5) is 0.435. The predicted octanol–water partition coefficient (Wildman–Crippen LogP) is 0.968. The van der Waals surface area contributed by atoms with Crippen molar-refractivity contribution in [2.45, 2.75) is 37.7 Å². The Labute approximate surface area is 66.4 Å². The SMILES string of the molecule is NC(=S)CC1(O)CCCC1. The Balaban J connectivity index is 2.43.